The lowest BCUT2D eigenvalue weighted by atomic mass is 9.44. The molecule has 0 amide bonds. The van der Waals surface area contributed by atoms with E-state index in [-0.39, 0.29) is 6.85 Å². The highest BCUT2D eigenvalue weighted by Crippen LogP contribution is 2.56. The monoisotopic (exact) mass is 802 g/mol. The number of thiophene rings is 1. The SMILES string of the molecule is c1ccc2c(c1)Sc1cc3c(cc1S2)N(c1cccc2c1sc1ccccc12)B1c2c(cc4c(oc5ccccc54)c2-3)-n2c3c1cccc3c1ccc3ccccc3c12. The van der Waals surface area contributed by atoms with Gasteiger partial charge in [0.15, 0.2) is 0 Å². The first kappa shape index (κ1) is 31.6. The Morgan fingerprint density at radius 3 is 2.08 bits per heavy atom. The van der Waals surface area contributed by atoms with Gasteiger partial charge in [-0.15, -0.1) is 11.3 Å². The number of anilines is 2. The first-order valence-electron chi connectivity index (χ1n) is 20.0. The number of hydrogen-bond acceptors (Lipinski definition) is 5. The zero-order valence-corrected chi connectivity index (χ0v) is 33.6. The van der Waals surface area contributed by atoms with E-state index in [1.165, 1.54) is 111 Å². The van der Waals surface area contributed by atoms with Gasteiger partial charge in [-0.1, -0.05) is 139 Å². The Kier molecular flexibility index (Phi) is 6.01. The second kappa shape index (κ2) is 11.2. The molecule has 3 nitrogen and oxygen atoms in total. The molecule has 6 heterocycles. The van der Waals surface area contributed by atoms with Crippen LogP contribution in [0.4, 0.5) is 11.4 Å². The Labute approximate surface area is 350 Å². The van der Waals surface area contributed by atoms with Crippen molar-refractivity contribution in [3.05, 3.63) is 164 Å². The van der Waals surface area contributed by atoms with E-state index in [0.29, 0.717) is 0 Å². The minimum Gasteiger partial charge on any atom is -0.455 e. The standard InChI is InChI=1S/C52H27BN2OS3/c1-2-12-29-28(11-1)23-24-33-32-15-9-17-37-50(32)54(49(29)33)40-25-35-30-13-3-5-19-41(30)56-51(35)47-36-26-45-46(58-44-22-8-7-21-43(44)57-45)27-39(36)55(53(37)48(40)47)38-18-10-16-34-31-14-4-6-20-42(31)59-52(34)38/h1-27H. The van der Waals surface area contributed by atoms with E-state index < -0.39 is 0 Å². The van der Waals surface area contributed by atoms with Crippen molar-refractivity contribution in [2.24, 2.45) is 0 Å². The van der Waals surface area contributed by atoms with Crippen molar-refractivity contribution in [2.75, 3.05) is 4.81 Å². The molecule has 7 heteroatoms. The number of nitrogens with zero attached hydrogens (tertiary/aromatic N) is 2. The Morgan fingerprint density at radius 2 is 1.19 bits per heavy atom. The molecule has 0 aliphatic carbocycles. The molecule has 12 aromatic rings. The maximum absolute atomic E-state index is 7.09. The third-order valence-corrected chi connectivity index (χ3v) is 16.7. The lowest BCUT2D eigenvalue weighted by molar-refractivity contribution is 0.670. The van der Waals surface area contributed by atoms with Crippen molar-refractivity contribution in [2.45, 2.75) is 19.6 Å². The molecule has 59 heavy (non-hydrogen) atoms. The topological polar surface area (TPSA) is 21.3 Å². The Morgan fingerprint density at radius 1 is 0.475 bits per heavy atom. The summed E-state index contributed by atoms with van der Waals surface area (Å²) in [4.78, 5) is 7.88. The van der Waals surface area contributed by atoms with E-state index in [0.717, 1.165) is 21.9 Å². The van der Waals surface area contributed by atoms with Crippen LogP contribution in [-0.2, 0) is 0 Å². The second-order valence-corrected chi connectivity index (χ2v) is 19.1. The van der Waals surface area contributed by atoms with Crippen LogP contribution in [0.2, 0.25) is 0 Å². The summed E-state index contributed by atoms with van der Waals surface area (Å²) in [5, 5.41) is 9.98. The van der Waals surface area contributed by atoms with Gasteiger partial charge in [-0.2, -0.15) is 0 Å². The number of fused-ring (bicyclic) bond motifs is 18. The minimum atomic E-state index is -0.126. The third kappa shape index (κ3) is 3.98. The Hall–Kier alpha value is -6.38. The van der Waals surface area contributed by atoms with E-state index in [4.69, 9.17) is 4.42 Å². The molecule has 9 aromatic carbocycles. The van der Waals surface area contributed by atoms with Crippen molar-refractivity contribution in [1.82, 2.24) is 4.57 Å². The Balaban J connectivity index is 1.16. The summed E-state index contributed by atoms with van der Waals surface area (Å²) in [6.45, 7) is -0.126. The van der Waals surface area contributed by atoms with E-state index in [1.54, 1.807) is 0 Å². The highest BCUT2D eigenvalue weighted by molar-refractivity contribution is 8.05. The summed E-state index contributed by atoms with van der Waals surface area (Å²) in [6, 6.07) is 61.2. The minimum absolute atomic E-state index is 0.126. The van der Waals surface area contributed by atoms with Gasteiger partial charge in [-0.25, -0.2) is 0 Å². The number of hydrogen-bond donors (Lipinski definition) is 0. The molecule has 3 aliphatic rings. The fourth-order valence-corrected chi connectivity index (χ4v) is 14.1. The van der Waals surface area contributed by atoms with Crippen LogP contribution in [0.25, 0.3) is 91.5 Å². The van der Waals surface area contributed by atoms with Crippen molar-refractivity contribution >= 4 is 139 Å². The molecule has 0 unspecified atom stereocenters. The molecular weight excluding hydrogens is 776 g/mol. The molecule has 3 aromatic heterocycles. The third-order valence-electron chi connectivity index (χ3n) is 13.0. The fraction of sp³-hybridized carbons (Fsp3) is 0. The number of benzene rings is 9. The smallest absolute Gasteiger partial charge is 0.333 e. The van der Waals surface area contributed by atoms with Crippen LogP contribution < -0.4 is 15.7 Å². The zero-order chi connectivity index (χ0) is 38.1. The van der Waals surface area contributed by atoms with Crippen molar-refractivity contribution in [1.29, 1.82) is 0 Å². The van der Waals surface area contributed by atoms with Gasteiger partial charge >= 0.3 is 6.85 Å². The van der Waals surface area contributed by atoms with Crippen LogP contribution in [0, 0.1) is 0 Å². The highest BCUT2D eigenvalue weighted by atomic mass is 32.2. The second-order valence-electron chi connectivity index (χ2n) is 15.9. The van der Waals surface area contributed by atoms with Crippen LogP contribution in [-0.4, -0.2) is 11.4 Å². The predicted octanol–water partition coefficient (Wildman–Crippen LogP) is 14.1. The van der Waals surface area contributed by atoms with Gasteiger partial charge in [-0.05, 0) is 64.8 Å². The lowest BCUT2D eigenvalue weighted by Gasteiger charge is -2.42. The van der Waals surface area contributed by atoms with Crippen molar-refractivity contribution in [3.8, 4) is 16.8 Å². The van der Waals surface area contributed by atoms with Crippen LogP contribution in [0.3, 0.4) is 0 Å². The highest BCUT2D eigenvalue weighted by Gasteiger charge is 2.46. The number of furan rings is 1. The number of rotatable bonds is 1. The summed E-state index contributed by atoms with van der Waals surface area (Å²) < 4.78 is 12.3. The molecule has 272 valence electrons. The molecule has 0 spiro atoms. The van der Waals surface area contributed by atoms with Gasteiger partial charge in [0.2, 0.25) is 0 Å². The normalized spacial score (nSPS) is 13.9. The number of para-hydroxylation sites is 2. The molecule has 0 radical (unpaired) electrons. The molecule has 0 N–H and O–H groups in total. The fourth-order valence-electron chi connectivity index (χ4n) is 10.6. The molecular formula is C52H27BN2OS3. The molecule has 0 atom stereocenters. The average molecular weight is 803 g/mol. The molecule has 0 bridgehead atoms. The van der Waals surface area contributed by atoms with Crippen LogP contribution in [0.15, 0.2) is 188 Å². The molecule has 0 fully saturated rings. The summed E-state index contributed by atoms with van der Waals surface area (Å²) in [6.07, 6.45) is 0. The van der Waals surface area contributed by atoms with E-state index in [1.807, 2.05) is 34.9 Å². The molecule has 15 rings (SSSR count). The summed E-state index contributed by atoms with van der Waals surface area (Å²) >= 11 is 5.68. The van der Waals surface area contributed by atoms with E-state index in [9.17, 15) is 0 Å². The molecule has 3 aliphatic heterocycles. The summed E-state index contributed by atoms with van der Waals surface area (Å²) in [5.41, 5.74) is 13.1. The number of aromatic nitrogens is 1. The van der Waals surface area contributed by atoms with Gasteiger partial charge in [0.05, 0.1) is 15.7 Å². The molecule has 0 saturated heterocycles. The van der Waals surface area contributed by atoms with Crippen molar-refractivity contribution < 1.29 is 4.42 Å². The van der Waals surface area contributed by atoms with Crippen molar-refractivity contribution in [3.63, 3.8) is 0 Å². The summed E-state index contributed by atoms with van der Waals surface area (Å²) in [7, 11) is 0. The lowest BCUT2D eigenvalue weighted by Crippen LogP contribution is -2.60. The van der Waals surface area contributed by atoms with E-state index in [2.05, 4.69) is 173 Å². The largest absolute Gasteiger partial charge is 0.455 e. The van der Waals surface area contributed by atoms with Gasteiger partial charge in [0.25, 0.3) is 0 Å². The van der Waals surface area contributed by atoms with Gasteiger partial charge < -0.3 is 13.8 Å². The van der Waals surface area contributed by atoms with Gasteiger partial charge in [0, 0.05) is 90.2 Å². The maximum Gasteiger partial charge on any atom is 0.333 e. The maximum atomic E-state index is 7.09. The zero-order valence-electron chi connectivity index (χ0n) is 31.2. The Bertz CT molecular complexity index is 3900. The predicted molar refractivity (Wildman–Crippen MR) is 252 cm³/mol. The van der Waals surface area contributed by atoms with Crippen LogP contribution >= 0.6 is 34.9 Å². The van der Waals surface area contributed by atoms with Gasteiger partial charge in [0.1, 0.15) is 11.2 Å². The first-order valence-corrected chi connectivity index (χ1v) is 22.5. The average Bonchev–Trinajstić information content (AvgIpc) is 3.97. The van der Waals surface area contributed by atoms with Gasteiger partial charge in [-0.3, -0.25) is 0 Å². The van der Waals surface area contributed by atoms with Crippen LogP contribution in [0.5, 0.6) is 0 Å². The quantitative estimate of drug-likeness (QED) is 0.154. The van der Waals surface area contributed by atoms with E-state index >= 15 is 0 Å². The molecule has 0 saturated carbocycles. The van der Waals surface area contributed by atoms with Crippen LogP contribution in [0.1, 0.15) is 0 Å². The first-order chi connectivity index (χ1) is 29.3. The summed E-state index contributed by atoms with van der Waals surface area (Å²) in [5.74, 6) is 0.